The maximum Gasteiger partial charge on any atom is 0.301 e. The first-order valence-electron chi connectivity index (χ1n) is 9.30. The lowest BCUT2D eigenvalue weighted by molar-refractivity contribution is -0.658. The Morgan fingerprint density at radius 2 is 1.64 bits per heavy atom. The van der Waals surface area contributed by atoms with Crippen LogP contribution in [-0.4, -0.2) is 4.40 Å². The van der Waals surface area contributed by atoms with E-state index >= 15 is 0 Å². The van der Waals surface area contributed by atoms with Gasteiger partial charge in [0.05, 0.1) is 0 Å². The number of benzene rings is 1. The zero-order valence-electron chi connectivity index (χ0n) is 15.1. The van der Waals surface area contributed by atoms with Gasteiger partial charge < -0.3 is 0 Å². The molecule has 3 aliphatic rings. The van der Waals surface area contributed by atoms with E-state index in [1.54, 1.807) is 0 Å². The second-order valence-corrected chi connectivity index (χ2v) is 9.24. The molecule has 0 spiro atoms. The van der Waals surface area contributed by atoms with Gasteiger partial charge in [-0.15, -0.1) is 0 Å². The average Bonchev–Trinajstić information content (AvgIpc) is 3.21. The highest BCUT2D eigenvalue weighted by molar-refractivity contribution is 6.12. The average molecular weight is 327 g/mol. The van der Waals surface area contributed by atoms with Gasteiger partial charge in [-0.25, -0.2) is 4.57 Å². The van der Waals surface area contributed by atoms with Gasteiger partial charge in [-0.05, 0) is 0 Å². The highest BCUT2D eigenvalue weighted by Crippen LogP contribution is 2.52. The van der Waals surface area contributed by atoms with Crippen LogP contribution < -0.4 is 9.13 Å². The molecule has 0 N–H and O–H groups in total. The van der Waals surface area contributed by atoms with Gasteiger partial charge in [0.25, 0.3) is 0 Å². The van der Waals surface area contributed by atoms with Crippen molar-refractivity contribution in [1.29, 1.82) is 0 Å². The number of aromatic nitrogens is 3. The van der Waals surface area contributed by atoms with E-state index < -0.39 is 0 Å². The number of rotatable bonds is 0. The van der Waals surface area contributed by atoms with Crippen LogP contribution >= 0.6 is 0 Å². The lowest BCUT2D eigenvalue weighted by atomic mass is 9.60. The van der Waals surface area contributed by atoms with Gasteiger partial charge in [0, 0.05) is 33.6 Å². The normalized spacial score (nSPS) is 20.3. The van der Waals surface area contributed by atoms with Crippen molar-refractivity contribution in [2.24, 2.45) is 0 Å². The van der Waals surface area contributed by atoms with Crippen molar-refractivity contribution < 1.29 is 9.13 Å². The quantitative estimate of drug-likeness (QED) is 0.300. The highest BCUT2D eigenvalue weighted by atomic mass is 15.2. The third-order valence-electron chi connectivity index (χ3n) is 7.81. The van der Waals surface area contributed by atoms with Crippen LogP contribution in [0.5, 0.6) is 0 Å². The van der Waals surface area contributed by atoms with E-state index in [-0.39, 0.29) is 10.8 Å². The molecule has 25 heavy (non-hydrogen) atoms. The molecule has 3 aliphatic heterocycles. The monoisotopic (exact) mass is 327 g/mol. The van der Waals surface area contributed by atoms with Crippen molar-refractivity contribution >= 4 is 27.5 Å². The minimum absolute atomic E-state index is 0.0899. The molecule has 0 saturated heterocycles. The van der Waals surface area contributed by atoms with Crippen LogP contribution in [0, 0.1) is 0 Å². The summed E-state index contributed by atoms with van der Waals surface area (Å²) in [5, 5.41) is 2.98. The molecule has 0 atom stereocenters. The van der Waals surface area contributed by atoms with Crippen LogP contribution in [0.15, 0.2) is 30.6 Å². The Morgan fingerprint density at radius 3 is 2.48 bits per heavy atom. The summed E-state index contributed by atoms with van der Waals surface area (Å²) < 4.78 is 7.55. The summed E-state index contributed by atoms with van der Waals surface area (Å²) in [4.78, 5) is 0. The summed E-state index contributed by atoms with van der Waals surface area (Å²) >= 11 is 0. The van der Waals surface area contributed by atoms with Crippen molar-refractivity contribution in [3.63, 3.8) is 0 Å². The molecule has 0 saturated carbocycles. The van der Waals surface area contributed by atoms with Crippen LogP contribution in [-0.2, 0) is 23.9 Å². The molecule has 6 heterocycles. The minimum Gasteiger partial charge on any atom is -0.225 e. The van der Waals surface area contributed by atoms with Crippen LogP contribution in [0.25, 0.3) is 27.5 Å². The first-order chi connectivity index (χ1) is 11.9. The second kappa shape index (κ2) is 3.31. The molecule has 1 aromatic carbocycles. The molecule has 0 amide bonds. The summed E-state index contributed by atoms with van der Waals surface area (Å²) in [7, 11) is 0. The molecule has 7 rings (SSSR count). The van der Waals surface area contributed by atoms with Crippen molar-refractivity contribution in [2.75, 3.05) is 0 Å². The van der Waals surface area contributed by atoms with Gasteiger partial charge in [-0.2, -0.15) is 8.97 Å². The molecule has 0 bridgehead atoms. The fourth-order valence-corrected chi connectivity index (χ4v) is 5.76. The van der Waals surface area contributed by atoms with E-state index in [2.05, 4.69) is 71.8 Å². The minimum atomic E-state index is 0.0899. The second-order valence-electron chi connectivity index (χ2n) is 9.24. The summed E-state index contributed by atoms with van der Waals surface area (Å²) in [6, 6.07) is 7.12. The molecule has 0 fully saturated rings. The van der Waals surface area contributed by atoms with Gasteiger partial charge in [0.2, 0.25) is 5.52 Å². The molecule has 0 radical (unpaired) electrons. The summed E-state index contributed by atoms with van der Waals surface area (Å²) in [5.74, 6) is 0. The highest BCUT2D eigenvalue weighted by Gasteiger charge is 2.52. The maximum atomic E-state index is 2.61. The lowest BCUT2D eigenvalue weighted by Crippen LogP contribution is -2.44. The number of hydrogen-bond donors (Lipinski definition) is 0. The first-order valence-corrected chi connectivity index (χ1v) is 9.30. The molecule has 0 aliphatic carbocycles. The molecule has 3 nitrogen and oxygen atoms in total. The van der Waals surface area contributed by atoms with Crippen LogP contribution in [0.2, 0.25) is 0 Å². The van der Waals surface area contributed by atoms with E-state index in [9.17, 15) is 0 Å². The SMILES string of the molecule is CC1(C)c2ccc3c4c2n2c(c[n+]5c2c2c(cc[n+](c42)C3)C5)C1(C)C. The van der Waals surface area contributed by atoms with Crippen molar-refractivity contribution in [3.8, 4) is 0 Å². The Kier molecular flexibility index (Phi) is 1.70. The standard InChI is InChI=1S/C22H21N3/c1-21(2)14-6-5-12-9-23-8-7-13-10-24-11-15(22(21,3)4)25-18(14)16(12)19(23)17(13)20(24)25/h5-8,11H,9-10H2,1-4H3/q+2. The maximum absolute atomic E-state index is 2.61. The topological polar surface area (TPSA) is 12.2 Å². The van der Waals surface area contributed by atoms with Crippen LogP contribution in [0.3, 0.4) is 0 Å². The Hall–Kier alpha value is -2.42. The van der Waals surface area contributed by atoms with E-state index in [1.165, 1.54) is 49.8 Å². The lowest BCUT2D eigenvalue weighted by Gasteiger charge is -2.42. The summed E-state index contributed by atoms with van der Waals surface area (Å²) in [6.45, 7) is 11.7. The van der Waals surface area contributed by atoms with E-state index in [1.807, 2.05) is 0 Å². The number of nitrogens with zero attached hydrogens (tertiary/aromatic N) is 3. The number of imidazole rings is 1. The first kappa shape index (κ1) is 12.9. The number of hydrogen-bond acceptors (Lipinski definition) is 0. The Bertz CT molecular complexity index is 1330. The van der Waals surface area contributed by atoms with Gasteiger partial charge in [-0.1, -0.05) is 39.8 Å². The fraction of sp³-hybridized carbons (Fsp3) is 0.364. The predicted molar refractivity (Wildman–Crippen MR) is 97.1 cm³/mol. The molecule has 4 aromatic rings. The Morgan fingerprint density at radius 1 is 0.880 bits per heavy atom. The predicted octanol–water partition coefficient (Wildman–Crippen LogP) is 3.11. The van der Waals surface area contributed by atoms with Crippen LogP contribution in [0.1, 0.15) is 50.1 Å². The number of pyridine rings is 2. The van der Waals surface area contributed by atoms with Gasteiger partial charge >= 0.3 is 5.65 Å². The van der Waals surface area contributed by atoms with Gasteiger partial charge in [-0.3, -0.25) is 0 Å². The Labute approximate surface area is 146 Å². The third kappa shape index (κ3) is 1.05. The molecule has 122 valence electrons. The van der Waals surface area contributed by atoms with E-state index in [0.717, 1.165) is 13.1 Å². The van der Waals surface area contributed by atoms with Crippen molar-refractivity contribution in [2.45, 2.75) is 51.6 Å². The summed E-state index contributed by atoms with van der Waals surface area (Å²) in [5.41, 5.74) is 10.4. The fourth-order valence-electron chi connectivity index (χ4n) is 5.76. The molecule has 0 unspecified atom stereocenters. The molecular weight excluding hydrogens is 306 g/mol. The molecule has 3 heteroatoms. The molecule has 3 aromatic heterocycles. The third-order valence-corrected chi connectivity index (χ3v) is 7.81. The van der Waals surface area contributed by atoms with E-state index in [4.69, 9.17) is 0 Å². The largest absolute Gasteiger partial charge is 0.301 e. The van der Waals surface area contributed by atoms with E-state index in [0.29, 0.717) is 0 Å². The zero-order chi connectivity index (χ0) is 16.9. The van der Waals surface area contributed by atoms with Crippen molar-refractivity contribution in [1.82, 2.24) is 4.40 Å². The van der Waals surface area contributed by atoms with Crippen LogP contribution in [0.4, 0.5) is 0 Å². The van der Waals surface area contributed by atoms with Gasteiger partial charge in [0.1, 0.15) is 23.5 Å². The van der Waals surface area contributed by atoms with Gasteiger partial charge in [0.15, 0.2) is 24.0 Å². The zero-order valence-corrected chi connectivity index (χ0v) is 15.1. The smallest absolute Gasteiger partial charge is 0.225 e. The Balaban J connectivity index is 1.95. The molecular formula is C22H21N3+2. The van der Waals surface area contributed by atoms with Crippen molar-refractivity contribution in [3.05, 3.63) is 53.0 Å². The summed E-state index contributed by atoms with van der Waals surface area (Å²) in [6.07, 6.45) is 4.72.